The van der Waals surface area contributed by atoms with Crippen molar-refractivity contribution in [2.24, 2.45) is 0 Å². The van der Waals surface area contributed by atoms with Crippen molar-refractivity contribution in [3.63, 3.8) is 0 Å². The van der Waals surface area contributed by atoms with Gasteiger partial charge in [0, 0.05) is 17.7 Å². The molecule has 0 aromatic heterocycles. The van der Waals surface area contributed by atoms with Crippen molar-refractivity contribution in [3.8, 4) is 11.5 Å². The van der Waals surface area contributed by atoms with E-state index < -0.39 is 34.2 Å². The Labute approximate surface area is 220 Å². The van der Waals surface area contributed by atoms with Gasteiger partial charge < -0.3 is 9.47 Å². The first-order chi connectivity index (χ1) is 18.2. The van der Waals surface area contributed by atoms with Crippen molar-refractivity contribution in [3.05, 3.63) is 98.3 Å². The predicted octanol–water partition coefficient (Wildman–Crippen LogP) is 5.03. The summed E-state index contributed by atoms with van der Waals surface area (Å²) in [5.74, 6) is -2.10. The Bertz CT molecular complexity index is 1490. The minimum atomic E-state index is -1.05. The van der Waals surface area contributed by atoms with Gasteiger partial charge in [-0.2, -0.15) is 0 Å². The van der Waals surface area contributed by atoms with Crippen LogP contribution in [-0.4, -0.2) is 29.4 Å². The summed E-state index contributed by atoms with van der Waals surface area (Å²) < 4.78 is 25.3. The number of hydrogen-bond donors (Lipinski definition) is 1. The number of barbiturate groups is 1. The van der Waals surface area contributed by atoms with Gasteiger partial charge >= 0.3 is 6.03 Å². The molecular weight excluding hydrogens is 521 g/mol. The second-order valence-electron chi connectivity index (χ2n) is 7.88. The SMILES string of the molecule is CCOc1cc(/C=C2\C(=O)NC(=O)N(c3cccc([N+](=O)[O-])c3)C2=O)cc(Cl)c1OCc1ccccc1F. The van der Waals surface area contributed by atoms with Crippen LogP contribution >= 0.6 is 11.6 Å². The van der Waals surface area contributed by atoms with E-state index in [1.807, 2.05) is 0 Å². The summed E-state index contributed by atoms with van der Waals surface area (Å²) in [5, 5.41) is 13.2. The van der Waals surface area contributed by atoms with Gasteiger partial charge in [-0.3, -0.25) is 25.0 Å². The minimum Gasteiger partial charge on any atom is -0.490 e. The number of nitro groups is 1. The van der Waals surface area contributed by atoms with E-state index in [2.05, 4.69) is 5.32 Å². The molecule has 0 saturated carbocycles. The number of nitrogens with zero attached hydrogens (tertiary/aromatic N) is 2. The van der Waals surface area contributed by atoms with Crippen LogP contribution in [0.4, 0.5) is 20.6 Å². The molecule has 0 aliphatic carbocycles. The fourth-order valence-electron chi connectivity index (χ4n) is 3.64. The van der Waals surface area contributed by atoms with E-state index in [0.29, 0.717) is 10.5 Å². The van der Waals surface area contributed by atoms with Crippen molar-refractivity contribution in [1.29, 1.82) is 0 Å². The van der Waals surface area contributed by atoms with E-state index in [0.717, 1.165) is 6.07 Å². The van der Waals surface area contributed by atoms with Crippen LogP contribution in [0.5, 0.6) is 11.5 Å². The number of nitrogens with one attached hydrogen (secondary N) is 1. The standard InChI is InChI=1S/C26H19ClFN3O7/c1-2-37-22-12-15(11-20(27)23(22)38-14-16-6-3-4-9-21(16)28)10-19-24(32)29-26(34)30(25(19)33)17-7-5-8-18(13-17)31(35)36/h3-13H,2,14H2,1H3,(H,29,32,34)/b19-10+. The number of nitro benzene ring substituents is 1. The first kappa shape index (κ1) is 26.3. The lowest BCUT2D eigenvalue weighted by Gasteiger charge is -2.26. The Morgan fingerprint density at radius 1 is 1.08 bits per heavy atom. The number of carbonyl (C=O) groups is 3. The maximum atomic E-state index is 14.0. The summed E-state index contributed by atoms with van der Waals surface area (Å²) >= 11 is 6.42. The fourth-order valence-corrected chi connectivity index (χ4v) is 3.92. The zero-order chi connectivity index (χ0) is 27.4. The highest BCUT2D eigenvalue weighted by Gasteiger charge is 2.37. The smallest absolute Gasteiger partial charge is 0.335 e. The third kappa shape index (κ3) is 5.47. The molecule has 4 amide bonds. The lowest BCUT2D eigenvalue weighted by Crippen LogP contribution is -2.54. The summed E-state index contributed by atoms with van der Waals surface area (Å²) in [5.41, 5.74) is -0.291. The molecular formula is C26H19ClFN3O7. The third-order valence-electron chi connectivity index (χ3n) is 5.37. The highest BCUT2D eigenvalue weighted by Crippen LogP contribution is 2.38. The largest absolute Gasteiger partial charge is 0.490 e. The van der Waals surface area contributed by atoms with Gasteiger partial charge in [-0.25, -0.2) is 14.1 Å². The van der Waals surface area contributed by atoms with Crippen LogP contribution in [0.15, 0.2) is 66.2 Å². The number of anilines is 1. The van der Waals surface area contributed by atoms with E-state index in [-0.39, 0.29) is 46.7 Å². The Kier molecular flexibility index (Phi) is 7.68. The van der Waals surface area contributed by atoms with Gasteiger partial charge in [0.05, 0.1) is 22.2 Å². The third-order valence-corrected chi connectivity index (χ3v) is 5.65. The number of halogens is 2. The van der Waals surface area contributed by atoms with E-state index >= 15 is 0 Å². The molecule has 1 aliphatic heterocycles. The van der Waals surface area contributed by atoms with Gasteiger partial charge in [-0.05, 0) is 42.8 Å². The van der Waals surface area contributed by atoms with Crippen molar-refractivity contribution in [2.75, 3.05) is 11.5 Å². The number of hydrogen-bond acceptors (Lipinski definition) is 7. The lowest BCUT2D eigenvalue weighted by molar-refractivity contribution is -0.384. The molecule has 0 spiro atoms. The van der Waals surface area contributed by atoms with E-state index in [1.165, 1.54) is 42.5 Å². The molecule has 12 heteroatoms. The summed E-state index contributed by atoms with van der Waals surface area (Å²) in [7, 11) is 0. The molecule has 1 fully saturated rings. The van der Waals surface area contributed by atoms with Crippen LogP contribution < -0.4 is 19.7 Å². The second kappa shape index (κ2) is 11.1. The summed E-state index contributed by atoms with van der Waals surface area (Å²) in [6, 6.07) is 12.8. The molecule has 38 heavy (non-hydrogen) atoms. The second-order valence-corrected chi connectivity index (χ2v) is 8.29. The molecule has 3 aromatic carbocycles. The molecule has 3 aromatic rings. The van der Waals surface area contributed by atoms with Crippen molar-refractivity contribution in [2.45, 2.75) is 13.5 Å². The topological polar surface area (TPSA) is 128 Å². The van der Waals surface area contributed by atoms with Crippen LogP contribution in [0.25, 0.3) is 6.08 Å². The van der Waals surface area contributed by atoms with Crippen molar-refractivity contribution < 1.29 is 33.2 Å². The molecule has 0 radical (unpaired) electrons. The quantitative estimate of drug-likeness (QED) is 0.184. The van der Waals surface area contributed by atoms with Crippen molar-refractivity contribution in [1.82, 2.24) is 5.32 Å². The number of rotatable bonds is 8. The van der Waals surface area contributed by atoms with E-state index in [4.69, 9.17) is 21.1 Å². The highest BCUT2D eigenvalue weighted by molar-refractivity contribution is 6.39. The van der Waals surface area contributed by atoms with Gasteiger partial charge in [0.2, 0.25) is 0 Å². The van der Waals surface area contributed by atoms with Crippen molar-refractivity contribution >= 4 is 46.9 Å². The molecule has 194 valence electrons. The summed E-state index contributed by atoms with van der Waals surface area (Å²) in [4.78, 5) is 49.2. The molecule has 10 nitrogen and oxygen atoms in total. The zero-order valence-electron chi connectivity index (χ0n) is 19.8. The molecule has 4 rings (SSSR count). The number of benzene rings is 3. The Morgan fingerprint density at radius 3 is 2.55 bits per heavy atom. The number of carbonyl (C=O) groups excluding carboxylic acids is 3. The molecule has 1 aliphatic rings. The minimum absolute atomic E-state index is 0.0643. The van der Waals surface area contributed by atoms with Crippen LogP contribution in [-0.2, 0) is 16.2 Å². The summed E-state index contributed by atoms with van der Waals surface area (Å²) in [6.45, 7) is 1.81. The molecule has 0 atom stereocenters. The number of non-ortho nitro benzene ring substituents is 1. The highest BCUT2D eigenvalue weighted by atomic mass is 35.5. The molecule has 1 saturated heterocycles. The Balaban J connectivity index is 1.68. The number of urea groups is 1. The summed E-state index contributed by atoms with van der Waals surface area (Å²) in [6.07, 6.45) is 1.20. The number of ether oxygens (including phenoxy) is 2. The first-order valence-electron chi connectivity index (χ1n) is 11.2. The van der Waals surface area contributed by atoms with Gasteiger partial charge in [-0.1, -0.05) is 35.9 Å². The maximum Gasteiger partial charge on any atom is 0.335 e. The van der Waals surface area contributed by atoms with Gasteiger partial charge in [0.25, 0.3) is 17.5 Å². The zero-order valence-corrected chi connectivity index (χ0v) is 20.5. The molecule has 0 bridgehead atoms. The monoisotopic (exact) mass is 539 g/mol. The van der Waals surface area contributed by atoms with E-state index in [9.17, 15) is 28.9 Å². The van der Waals surface area contributed by atoms with Crippen LogP contribution in [0.2, 0.25) is 5.02 Å². The molecule has 1 N–H and O–H groups in total. The van der Waals surface area contributed by atoms with Gasteiger partial charge in [0.15, 0.2) is 11.5 Å². The normalized spacial score (nSPS) is 14.4. The average molecular weight is 540 g/mol. The predicted molar refractivity (Wildman–Crippen MR) is 135 cm³/mol. The maximum absolute atomic E-state index is 14.0. The molecule has 1 heterocycles. The van der Waals surface area contributed by atoms with Crippen LogP contribution in [0.1, 0.15) is 18.1 Å². The van der Waals surface area contributed by atoms with Gasteiger partial charge in [0.1, 0.15) is 18.0 Å². The molecule has 0 unspecified atom stereocenters. The Hall–Kier alpha value is -4.77. The lowest BCUT2D eigenvalue weighted by atomic mass is 10.1. The number of imide groups is 2. The number of amides is 4. The van der Waals surface area contributed by atoms with E-state index in [1.54, 1.807) is 25.1 Å². The van der Waals surface area contributed by atoms with Crippen LogP contribution in [0.3, 0.4) is 0 Å². The fraction of sp³-hybridized carbons (Fsp3) is 0.115. The average Bonchev–Trinajstić information content (AvgIpc) is 2.87. The Morgan fingerprint density at radius 2 is 1.84 bits per heavy atom. The van der Waals surface area contributed by atoms with Crippen LogP contribution in [0, 0.1) is 15.9 Å². The first-order valence-corrected chi connectivity index (χ1v) is 11.6. The van der Waals surface area contributed by atoms with Gasteiger partial charge in [-0.15, -0.1) is 0 Å².